The average molecular weight is 397 g/mol. The minimum absolute atomic E-state index is 0.0224. The fraction of sp³-hybridized carbons (Fsp3) is 0.368. The molecule has 0 radical (unpaired) electrons. The molecule has 6 nitrogen and oxygen atoms in total. The van der Waals surface area contributed by atoms with Crippen LogP contribution in [0.3, 0.4) is 0 Å². The summed E-state index contributed by atoms with van der Waals surface area (Å²) in [4.78, 5) is 10.1. The molecule has 0 aliphatic heterocycles. The van der Waals surface area contributed by atoms with Gasteiger partial charge in [0.25, 0.3) is 0 Å². The quantitative estimate of drug-likeness (QED) is 0.490. The molecule has 1 aliphatic carbocycles. The predicted molar refractivity (Wildman–Crippen MR) is 93.2 cm³/mol. The molecular formula is C19H18F3NO5. The van der Waals surface area contributed by atoms with Gasteiger partial charge in [-0.1, -0.05) is 0 Å². The van der Waals surface area contributed by atoms with Gasteiger partial charge in [0.15, 0.2) is 23.1 Å². The Morgan fingerprint density at radius 1 is 1.07 bits per heavy atom. The van der Waals surface area contributed by atoms with Crippen molar-refractivity contribution in [3.63, 3.8) is 0 Å². The normalized spacial score (nSPS) is 14.1. The van der Waals surface area contributed by atoms with Gasteiger partial charge in [-0.2, -0.15) is 4.39 Å². The number of methoxy groups -OCH3 is 1. The molecule has 1 saturated carbocycles. The predicted octanol–water partition coefficient (Wildman–Crippen LogP) is 4.92. The molecule has 0 aromatic heterocycles. The van der Waals surface area contributed by atoms with Crippen LogP contribution in [0.15, 0.2) is 24.3 Å². The van der Waals surface area contributed by atoms with Crippen LogP contribution in [-0.4, -0.2) is 18.1 Å². The Bertz CT molecular complexity index is 884. The van der Waals surface area contributed by atoms with E-state index in [-0.39, 0.29) is 28.9 Å². The third-order valence-electron chi connectivity index (χ3n) is 4.55. The van der Waals surface area contributed by atoms with Gasteiger partial charge >= 0.3 is 5.69 Å². The fourth-order valence-electron chi connectivity index (χ4n) is 3.11. The molecule has 0 heterocycles. The number of nitro groups is 1. The van der Waals surface area contributed by atoms with E-state index in [1.807, 2.05) is 0 Å². The van der Waals surface area contributed by atoms with Crippen molar-refractivity contribution in [1.29, 1.82) is 0 Å². The highest BCUT2D eigenvalue weighted by atomic mass is 19.2. The maximum absolute atomic E-state index is 14.1. The van der Waals surface area contributed by atoms with Crippen LogP contribution in [0.4, 0.5) is 18.9 Å². The van der Waals surface area contributed by atoms with Crippen LogP contribution >= 0.6 is 0 Å². The Hall–Kier alpha value is -2.97. The minimum atomic E-state index is -1.16. The van der Waals surface area contributed by atoms with Crippen molar-refractivity contribution in [1.82, 2.24) is 0 Å². The van der Waals surface area contributed by atoms with E-state index >= 15 is 0 Å². The molecule has 2 aromatic carbocycles. The molecular weight excluding hydrogens is 379 g/mol. The molecule has 1 aliphatic rings. The lowest BCUT2D eigenvalue weighted by Crippen LogP contribution is -2.13. The number of hydrogen-bond acceptors (Lipinski definition) is 5. The molecule has 9 heteroatoms. The van der Waals surface area contributed by atoms with E-state index in [9.17, 15) is 23.3 Å². The van der Waals surface area contributed by atoms with E-state index in [4.69, 9.17) is 14.2 Å². The Kier molecular flexibility index (Phi) is 5.91. The van der Waals surface area contributed by atoms with Crippen LogP contribution in [0, 0.1) is 27.6 Å². The van der Waals surface area contributed by atoms with Crippen LogP contribution in [0.1, 0.15) is 31.2 Å². The molecule has 2 aromatic rings. The smallest absolute Gasteiger partial charge is 0.308 e. The van der Waals surface area contributed by atoms with E-state index < -0.39 is 34.7 Å². The maximum atomic E-state index is 14.1. The minimum Gasteiger partial charge on any atom is -0.496 e. The van der Waals surface area contributed by atoms with Gasteiger partial charge < -0.3 is 14.2 Å². The second-order valence-corrected chi connectivity index (χ2v) is 6.36. The van der Waals surface area contributed by atoms with Crippen molar-refractivity contribution in [2.75, 3.05) is 7.11 Å². The summed E-state index contributed by atoms with van der Waals surface area (Å²) in [7, 11) is 1.29. The first kappa shape index (κ1) is 19.8. The first-order valence-corrected chi connectivity index (χ1v) is 8.69. The molecule has 0 saturated heterocycles. The lowest BCUT2D eigenvalue weighted by atomic mass is 10.2. The summed E-state index contributed by atoms with van der Waals surface area (Å²) in [5.74, 6) is -3.42. The Labute approximate surface area is 159 Å². The topological polar surface area (TPSA) is 70.8 Å². The largest absolute Gasteiger partial charge is 0.496 e. The fourth-order valence-corrected chi connectivity index (χ4v) is 3.11. The standard InChI is InChI=1S/C19H18F3NO5/c1-26-16-7-6-13(20)19(22)12(16)10-27-17-9-15(23(24)25)14(21)8-18(17)28-11-4-2-3-5-11/h6-9,11H,2-5,10H2,1H3. The monoisotopic (exact) mass is 397 g/mol. The number of hydrogen-bond donors (Lipinski definition) is 0. The van der Waals surface area contributed by atoms with Gasteiger partial charge in [0, 0.05) is 6.07 Å². The summed E-state index contributed by atoms with van der Waals surface area (Å²) in [5.41, 5.74) is -1.01. The first-order chi connectivity index (χ1) is 13.4. The molecule has 28 heavy (non-hydrogen) atoms. The highest BCUT2D eigenvalue weighted by Gasteiger charge is 2.25. The average Bonchev–Trinajstić information content (AvgIpc) is 3.17. The molecule has 0 N–H and O–H groups in total. The second-order valence-electron chi connectivity index (χ2n) is 6.36. The molecule has 0 bridgehead atoms. The van der Waals surface area contributed by atoms with E-state index in [1.54, 1.807) is 0 Å². The van der Waals surface area contributed by atoms with Crippen LogP contribution in [-0.2, 0) is 6.61 Å². The van der Waals surface area contributed by atoms with E-state index in [2.05, 4.69) is 0 Å². The number of rotatable bonds is 7. The molecule has 150 valence electrons. The van der Waals surface area contributed by atoms with Crippen molar-refractivity contribution in [3.8, 4) is 17.2 Å². The summed E-state index contributed by atoms with van der Waals surface area (Å²) in [6.45, 7) is -0.490. The number of benzene rings is 2. The lowest BCUT2D eigenvalue weighted by Gasteiger charge is -2.18. The van der Waals surface area contributed by atoms with Gasteiger partial charge in [-0.3, -0.25) is 10.1 Å². The van der Waals surface area contributed by atoms with Gasteiger partial charge in [0.1, 0.15) is 12.4 Å². The van der Waals surface area contributed by atoms with Crippen LogP contribution in [0.25, 0.3) is 0 Å². The van der Waals surface area contributed by atoms with Crippen molar-refractivity contribution in [2.24, 2.45) is 0 Å². The molecule has 0 spiro atoms. The Morgan fingerprint density at radius 3 is 2.43 bits per heavy atom. The molecule has 3 rings (SSSR count). The number of ether oxygens (including phenoxy) is 3. The van der Waals surface area contributed by atoms with Gasteiger partial charge in [0.05, 0.1) is 29.8 Å². The molecule has 0 unspecified atom stereocenters. The molecule has 1 fully saturated rings. The highest BCUT2D eigenvalue weighted by Crippen LogP contribution is 2.37. The third-order valence-corrected chi connectivity index (χ3v) is 4.55. The summed E-state index contributed by atoms with van der Waals surface area (Å²) < 4.78 is 57.9. The van der Waals surface area contributed by atoms with Crippen LogP contribution in [0.5, 0.6) is 17.2 Å². The van der Waals surface area contributed by atoms with Crippen LogP contribution < -0.4 is 14.2 Å². The second kappa shape index (κ2) is 8.37. The zero-order valence-corrected chi connectivity index (χ0v) is 15.0. The van der Waals surface area contributed by atoms with Gasteiger partial charge in [0.2, 0.25) is 5.82 Å². The Morgan fingerprint density at radius 2 is 1.79 bits per heavy atom. The molecule has 0 amide bonds. The van der Waals surface area contributed by atoms with Crippen molar-refractivity contribution in [2.45, 2.75) is 38.4 Å². The van der Waals surface area contributed by atoms with Gasteiger partial charge in [-0.25, -0.2) is 8.78 Å². The van der Waals surface area contributed by atoms with Crippen molar-refractivity contribution >= 4 is 5.69 Å². The summed E-state index contributed by atoms with van der Waals surface area (Å²) in [5, 5.41) is 11.0. The molecule has 0 atom stereocenters. The van der Waals surface area contributed by atoms with Gasteiger partial charge in [-0.05, 0) is 37.8 Å². The number of nitro benzene ring substituents is 1. The van der Waals surface area contributed by atoms with E-state index in [0.717, 1.165) is 43.9 Å². The zero-order chi connectivity index (χ0) is 20.3. The van der Waals surface area contributed by atoms with Crippen molar-refractivity contribution in [3.05, 3.63) is 57.4 Å². The van der Waals surface area contributed by atoms with E-state index in [0.29, 0.717) is 0 Å². The third kappa shape index (κ3) is 4.13. The summed E-state index contributed by atoms with van der Waals surface area (Å²) in [6.07, 6.45) is 3.29. The van der Waals surface area contributed by atoms with Crippen molar-refractivity contribution < 1.29 is 32.3 Å². The number of nitrogens with zero attached hydrogens (tertiary/aromatic N) is 1. The summed E-state index contributed by atoms with van der Waals surface area (Å²) in [6, 6.07) is 3.91. The number of halogens is 3. The first-order valence-electron chi connectivity index (χ1n) is 8.69. The van der Waals surface area contributed by atoms with Crippen LogP contribution in [0.2, 0.25) is 0 Å². The van der Waals surface area contributed by atoms with E-state index in [1.165, 1.54) is 13.2 Å². The maximum Gasteiger partial charge on any atom is 0.308 e. The SMILES string of the molecule is COc1ccc(F)c(F)c1COc1cc([N+](=O)[O-])c(F)cc1OC1CCCC1. The Balaban J connectivity index is 1.92. The zero-order valence-electron chi connectivity index (χ0n) is 15.0. The lowest BCUT2D eigenvalue weighted by molar-refractivity contribution is -0.387. The summed E-state index contributed by atoms with van der Waals surface area (Å²) >= 11 is 0. The highest BCUT2D eigenvalue weighted by molar-refractivity contribution is 5.50. The van der Waals surface area contributed by atoms with Gasteiger partial charge in [-0.15, -0.1) is 0 Å².